The number of nitrogens with one attached hydrogen (secondary N) is 1. The van der Waals surface area contributed by atoms with E-state index in [1.807, 2.05) is 11.7 Å². The summed E-state index contributed by atoms with van der Waals surface area (Å²) >= 11 is 0. The molecule has 1 saturated carbocycles. The highest BCUT2D eigenvalue weighted by molar-refractivity contribution is 5.79. The molecular weight excluding hydrogens is 264 g/mol. The summed E-state index contributed by atoms with van der Waals surface area (Å²) < 4.78 is 1.89. The fraction of sp³-hybridized carbons (Fsp3) is 0.750. The Hall–Kier alpha value is -1.36. The lowest BCUT2D eigenvalue weighted by Gasteiger charge is -2.30. The number of aryl methyl sites for hydroxylation is 2. The van der Waals surface area contributed by atoms with Gasteiger partial charge in [0.2, 0.25) is 5.91 Å². The molecule has 1 spiro atoms. The molecule has 1 aromatic rings. The molecule has 1 saturated heterocycles. The average molecular weight is 290 g/mol. The predicted molar refractivity (Wildman–Crippen MR) is 81.7 cm³/mol. The zero-order valence-corrected chi connectivity index (χ0v) is 13.4. The van der Waals surface area contributed by atoms with Crippen LogP contribution in [0.25, 0.3) is 0 Å². The molecule has 0 bridgehead atoms. The summed E-state index contributed by atoms with van der Waals surface area (Å²) in [6.07, 6.45) is 6.72. The Balaban J connectivity index is 1.70. The van der Waals surface area contributed by atoms with Gasteiger partial charge >= 0.3 is 0 Å². The summed E-state index contributed by atoms with van der Waals surface area (Å²) in [7, 11) is 3.74. The van der Waals surface area contributed by atoms with Gasteiger partial charge in [0.15, 0.2) is 0 Å². The molecule has 0 radical (unpaired) electrons. The van der Waals surface area contributed by atoms with Crippen LogP contribution in [0.1, 0.15) is 36.9 Å². The summed E-state index contributed by atoms with van der Waals surface area (Å²) in [5, 5.41) is 7.29. The van der Waals surface area contributed by atoms with Gasteiger partial charge in [-0.05, 0) is 38.1 Å². The van der Waals surface area contributed by atoms with Crippen LogP contribution in [0, 0.1) is 18.3 Å². The van der Waals surface area contributed by atoms with E-state index in [1.54, 1.807) is 7.05 Å². The molecule has 2 aliphatic rings. The number of aromatic nitrogens is 2. The summed E-state index contributed by atoms with van der Waals surface area (Å²) in [5.74, 6) is 0.453. The van der Waals surface area contributed by atoms with Gasteiger partial charge in [-0.25, -0.2) is 0 Å². The predicted octanol–water partition coefficient (Wildman–Crippen LogP) is 1.47. The largest absolute Gasteiger partial charge is 0.359 e. The van der Waals surface area contributed by atoms with Gasteiger partial charge in [-0.15, -0.1) is 0 Å². The zero-order chi connectivity index (χ0) is 15.0. The van der Waals surface area contributed by atoms with E-state index in [1.165, 1.54) is 18.4 Å². The van der Waals surface area contributed by atoms with Gasteiger partial charge in [-0.3, -0.25) is 14.4 Å². The van der Waals surface area contributed by atoms with Crippen LogP contribution in [-0.4, -0.2) is 40.7 Å². The van der Waals surface area contributed by atoms with Crippen LogP contribution in [0.2, 0.25) is 0 Å². The molecule has 5 heteroatoms. The van der Waals surface area contributed by atoms with E-state index < -0.39 is 0 Å². The fourth-order valence-electron chi connectivity index (χ4n) is 4.37. The SMILES string of the molecule is CNC(=O)[C@H]1CCC[C@@]12CCN(Cc1cn(C)nc1C)C2. The zero-order valence-electron chi connectivity index (χ0n) is 13.4. The summed E-state index contributed by atoms with van der Waals surface area (Å²) in [5.41, 5.74) is 2.65. The van der Waals surface area contributed by atoms with Crippen LogP contribution in [0.15, 0.2) is 6.20 Å². The highest BCUT2D eigenvalue weighted by Crippen LogP contribution is 2.50. The Morgan fingerprint density at radius 1 is 1.52 bits per heavy atom. The number of nitrogens with zero attached hydrogens (tertiary/aromatic N) is 3. The molecule has 1 aliphatic carbocycles. The highest BCUT2D eigenvalue weighted by atomic mass is 16.1. The highest BCUT2D eigenvalue weighted by Gasteiger charge is 2.49. The molecular formula is C16H26N4O. The van der Waals surface area contributed by atoms with Crippen LogP contribution in [-0.2, 0) is 18.4 Å². The van der Waals surface area contributed by atoms with Gasteiger partial charge in [0.05, 0.1) is 5.69 Å². The molecule has 2 atom stereocenters. The lowest BCUT2D eigenvalue weighted by atomic mass is 9.76. The first kappa shape index (κ1) is 14.6. The second-order valence-corrected chi connectivity index (χ2v) is 6.80. The molecule has 21 heavy (non-hydrogen) atoms. The number of rotatable bonds is 3. The fourth-order valence-corrected chi connectivity index (χ4v) is 4.37. The van der Waals surface area contributed by atoms with E-state index in [4.69, 9.17) is 0 Å². The van der Waals surface area contributed by atoms with Crippen molar-refractivity contribution in [1.29, 1.82) is 0 Å². The van der Waals surface area contributed by atoms with Crippen molar-refractivity contribution in [1.82, 2.24) is 20.0 Å². The lowest BCUT2D eigenvalue weighted by molar-refractivity contribution is -0.127. The Kier molecular flexibility index (Phi) is 3.78. The standard InChI is InChI=1S/C16H26N4O/c1-12-13(9-19(3)18-12)10-20-8-7-16(11-20)6-4-5-14(16)15(21)17-2/h9,14H,4-8,10-11H2,1-3H3,(H,17,21)/t14-,16+/m1/s1. The number of carbonyl (C=O) groups is 1. The first-order chi connectivity index (χ1) is 10.0. The molecule has 1 amide bonds. The number of amides is 1. The second kappa shape index (κ2) is 5.44. The third-order valence-electron chi connectivity index (χ3n) is 5.44. The van der Waals surface area contributed by atoms with Crippen LogP contribution in [0.3, 0.4) is 0 Å². The van der Waals surface area contributed by atoms with Crippen LogP contribution in [0.4, 0.5) is 0 Å². The van der Waals surface area contributed by atoms with Crippen molar-refractivity contribution >= 4 is 5.91 Å². The molecule has 5 nitrogen and oxygen atoms in total. The van der Waals surface area contributed by atoms with Crippen molar-refractivity contribution < 1.29 is 4.79 Å². The maximum atomic E-state index is 12.2. The van der Waals surface area contributed by atoms with Gasteiger partial charge in [-0.2, -0.15) is 5.10 Å². The Labute approximate surface area is 126 Å². The smallest absolute Gasteiger partial charge is 0.223 e. The minimum atomic E-state index is 0.211. The van der Waals surface area contributed by atoms with Gasteiger partial charge in [0.25, 0.3) is 0 Å². The average Bonchev–Trinajstić information content (AvgIpc) is 3.12. The monoisotopic (exact) mass is 290 g/mol. The van der Waals surface area contributed by atoms with Crippen molar-refractivity contribution in [2.24, 2.45) is 18.4 Å². The first-order valence-corrected chi connectivity index (χ1v) is 7.97. The van der Waals surface area contributed by atoms with Gasteiger partial charge in [0.1, 0.15) is 0 Å². The van der Waals surface area contributed by atoms with E-state index in [9.17, 15) is 4.79 Å². The quantitative estimate of drug-likeness (QED) is 0.917. The molecule has 3 rings (SSSR count). The molecule has 2 fully saturated rings. The minimum Gasteiger partial charge on any atom is -0.359 e. The van der Waals surface area contributed by atoms with Crippen molar-refractivity contribution in [2.75, 3.05) is 20.1 Å². The van der Waals surface area contributed by atoms with Gasteiger partial charge in [0, 0.05) is 44.9 Å². The van der Waals surface area contributed by atoms with Crippen LogP contribution >= 0.6 is 0 Å². The third kappa shape index (κ3) is 2.59. The van der Waals surface area contributed by atoms with Crippen molar-refractivity contribution in [3.63, 3.8) is 0 Å². The van der Waals surface area contributed by atoms with E-state index in [0.29, 0.717) is 0 Å². The summed E-state index contributed by atoms with van der Waals surface area (Å²) in [4.78, 5) is 14.7. The molecule has 0 unspecified atom stereocenters. The lowest BCUT2D eigenvalue weighted by Crippen LogP contribution is -2.39. The van der Waals surface area contributed by atoms with E-state index >= 15 is 0 Å². The molecule has 116 valence electrons. The van der Waals surface area contributed by atoms with Crippen molar-refractivity contribution in [3.05, 3.63) is 17.5 Å². The molecule has 2 heterocycles. The number of carbonyl (C=O) groups excluding carboxylic acids is 1. The third-order valence-corrected chi connectivity index (χ3v) is 5.44. The first-order valence-electron chi connectivity index (χ1n) is 7.97. The maximum absolute atomic E-state index is 12.2. The Morgan fingerprint density at radius 2 is 2.33 bits per heavy atom. The van der Waals surface area contributed by atoms with Crippen LogP contribution < -0.4 is 5.32 Å². The van der Waals surface area contributed by atoms with Crippen LogP contribution in [0.5, 0.6) is 0 Å². The number of hydrogen-bond acceptors (Lipinski definition) is 3. The summed E-state index contributed by atoms with van der Waals surface area (Å²) in [6, 6.07) is 0. The minimum absolute atomic E-state index is 0.211. The number of hydrogen-bond donors (Lipinski definition) is 1. The van der Waals surface area contributed by atoms with Gasteiger partial charge in [-0.1, -0.05) is 6.42 Å². The number of likely N-dealkylation sites (tertiary alicyclic amines) is 1. The molecule has 1 N–H and O–H groups in total. The normalized spacial score (nSPS) is 29.4. The second-order valence-electron chi connectivity index (χ2n) is 6.80. The van der Waals surface area contributed by atoms with E-state index in [-0.39, 0.29) is 17.2 Å². The van der Waals surface area contributed by atoms with Crippen molar-refractivity contribution in [3.8, 4) is 0 Å². The Bertz CT molecular complexity index is 538. The maximum Gasteiger partial charge on any atom is 0.223 e. The molecule has 1 aliphatic heterocycles. The van der Waals surface area contributed by atoms with E-state index in [2.05, 4.69) is 28.4 Å². The topological polar surface area (TPSA) is 50.2 Å². The molecule has 1 aromatic heterocycles. The molecule has 0 aromatic carbocycles. The van der Waals surface area contributed by atoms with Gasteiger partial charge < -0.3 is 5.32 Å². The Morgan fingerprint density at radius 3 is 3.00 bits per heavy atom. The van der Waals surface area contributed by atoms with E-state index in [0.717, 1.165) is 38.2 Å². The summed E-state index contributed by atoms with van der Waals surface area (Å²) in [6.45, 7) is 5.19. The van der Waals surface area contributed by atoms with Crippen molar-refractivity contribution in [2.45, 2.75) is 39.2 Å².